The average Bonchev–Trinajstić information content (AvgIpc) is 2.95. The fourth-order valence-corrected chi connectivity index (χ4v) is 3.41. The molecule has 0 heterocycles. The van der Waals surface area contributed by atoms with Gasteiger partial charge < -0.3 is 11.1 Å². The van der Waals surface area contributed by atoms with Crippen molar-refractivity contribution in [1.82, 2.24) is 5.32 Å². The van der Waals surface area contributed by atoms with Gasteiger partial charge in [-0.2, -0.15) is 0 Å². The Balaban J connectivity index is 2.00. The topological polar surface area (TPSA) is 55.1 Å². The third kappa shape index (κ3) is 4.07. The first-order chi connectivity index (χ1) is 10.0. The zero-order chi connectivity index (χ0) is 15.3. The van der Waals surface area contributed by atoms with E-state index >= 15 is 0 Å². The zero-order valence-electron chi connectivity index (χ0n) is 13.3. The van der Waals surface area contributed by atoms with Crippen molar-refractivity contribution in [3.05, 3.63) is 35.9 Å². The molecule has 0 saturated heterocycles. The third-order valence-electron chi connectivity index (χ3n) is 4.61. The molecule has 1 aromatic carbocycles. The molecule has 0 bridgehead atoms. The second-order valence-corrected chi connectivity index (χ2v) is 6.81. The first-order valence-electron chi connectivity index (χ1n) is 8.12. The number of benzene rings is 1. The normalized spacial score (nSPS) is 18.7. The number of nitrogens with one attached hydrogen (secondary N) is 1. The van der Waals surface area contributed by atoms with Crippen molar-refractivity contribution in [3.63, 3.8) is 0 Å². The van der Waals surface area contributed by atoms with Crippen LogP contribution < -0.4 is 11.1 Å². The van der Waals surface area contributed by atoms with E-state index in [0.29, 0.717) is 12.5 Å². The number of carbonyl (C=O) groups excluding carboxylic acids is 1. The number of hydrogen-bond acceptors (Lipinski definition) is 2. The predicted molar refractivity (Wildman–Crippen MR) is 87.0 cm³/mol. The molecule has 0 radical (unpaired) electrons. The van der Waals surface area contributed by atoms with Gasteiger partial charge in [0.2, 0.25) is 5.91 Å². The van der Waals surface area contributed by atoms with Gasteiger partial charge in [0, 0.05) is 12.0 Å². The molecule has 3 nitrogen and oxygen atoms in total. The Labute approximate surface area is 128 Å². The second-order valence-electron chi connectivity index (χ2n) is 6.81. The Kier molecular flexibility index (Phi) is 5.40. The zero-order valence-corrected chi connectivity index (χ0v) is 13.3. The van der Waals surface area contributed by atoms with Crippen LogP contribution in [0.15, 0.2) is 30.3 Å². The van der Waals surface area contributed by atoms with Crippen LogP contribution in [0.4, 0.5) is 0 Å². The molecular formula is C18H28N2O. The number of rotatable bonds is 6. The Bertz CT molecular complexity index is 450. The molecule has 0 aliphatic heterocycles. The van der Waals surface area contributed by atoms with Crippen molar-refractivity contribution in [2.24, 2.45) is 11.7 Å². The SMILES string of the molecule is CC(C)C[C@H](N)C(=O)NCC1(c2ccccc2)CCCC1. The third-order valence-corrected chi connectivity index (χ3v) is 4.61. The monoisotopic (exact) mass is 288 g/mol. The lowest BCUT2D eigenvalue weighted by atomic mass is 9.79. The maximum absolute atomic E-state index is 12.2. The van der Waals surface area contributed by atoms with Gasteiger partial charge in [-0.15, -0.1) is 0 Å². The van der Waals surface area contributed by atoms with Gasteiger partial charge in [0.1, 0.15) is 0 Å². The summed E-state index contributed by atoms with van der Waals surface area (Å²) in [6, 6.07) is 10.2. The molecule has 3 heteroatoms. The standard InChI is InChI=1S/C18H28N2O/c1-14(2)12-16(19)17(21)20-13-18(10-6-7-11-18)15-8-4-3-5-9-15/h3-5,8-9,14,16H,6-7,10-13,19H2,1-2H3,(H,20,21)/t16-/m0/s1. The van der Waals surface area contributed by atoms with Crippen LogP contribution in [0.25, 0.3) is 0 Å². The molecule has 0 unspecified atom stereocenters. The van der Waals surface area contributed by atoms with Crippen molar-refractivity contribution in [2.45, 2.75) is 57.4 Å². The molecule has 1 aromatic rings. The summed E-state index contributed by atoms with van der Waals surface area (Å²) < 4.78 is 0. The molecule has 21 heavy (non-hydrogen) atoms. The molecule has 3 N–H and O–H groups in total. The van der Waals surface area contributed by atoms with Gasteiger partial charge >= 0.3 is 0 Å². The van der Waals surface area contributed by atoms with Crippen LogP contribution in [0.5, 0.6) is 0 Å². The fraction of sp³-hybridized carbons (Fsp3) is 0.611. The summed E-state index contributed by atoms with van der Waals surface area (Å²) in [5, 5.41) is 3.11. The fourth-order valence-electron chi connectivity index (χ4n) is 3.41. The summed E-state index contributed by atoms with van der Waals surface area (Å²) in [7, 11) is 0. The van der Waals surface area contributed by atoms with E-state index in [9.17, 15) is 4.79 Å². The van der Waals surface area contributed by atoms with Gasteiger partial charge in [-0.1, -0.05) is 57.0 Å². The maximum Gasteiger partial charge on any atom is 0.236 e. The van der Waals surface area contributed by atoms with Gasteiger partial charge in [-0.05, 0) is 30.7 Å². The Morgan fingerprint density at radius 1 is 1.24 bits per heavy atom. The van der Waals surface area contributed by atoms with E-state index in [4.69, 9.17) is 5.73 Å². The van der Waals surface area contributed by atoms with Gasteiger partial charge in [0.25, 0.3) is 0 Å². The Hall–Kier alpha value is -1.35. The quantitative estimate of drug-likeness (QED) is 0.845. The minimum Gasteiger partial charge on any atom is -0.354 e. The molecule has 1 atom stereocenters. The van der Waals surface area contributed by atoms with E-state index in [1.165, 1.54) is 18.4 Å². The Morgan fingerprint density at radius 3 is 2.43 bits per heavy atom. The highest BCUT2D eigenvalue weighted by atomic mass is 16.2. The van der Waals surface area contributed by atoms with Crippen molar-refractivity contribution in [1.29, 1.82) is 0 Å². The van der Waals surface area contributed by atoms with Crippen LogP contribution >= 0.6 is 0 Å². The summed E-state index contributed by atoms with van der Waals surface area (Å²) >= 11 is 0. The first-order valence-corrected chi connectivity index (χ1v) is 8.12. The minimum absolute atomic E-state index is 0.00842. The molecule has 1 saturated carbocycles. The van der Waals surface area contributed by atoms with E-state index in [0.717, 1.165) is 19.3 Å². The van der Waals surface area contributed by atoms with E-state index in [2.05, 4.69) is 43.4 Å². The van der Waals surface area contributed by atoms with E-state index < -0.39 is 0 Å². The highest BCUT2D eigenvalue weighted by Crippen LogP contribution is 2.40. The summed E-state index contributed by atoms with van der Waals surface area (Å²) in [6.07, 6.45) is 5.52. The largest absolute Gasteiger partial charge is 0.354 e. The molecule has 2 rings (SSSR count). The molecule has 0 spiro atoms. The van der Waals surface area contributed by atoms with Crippen LogP contribution in [0.1, 0.15) is 51.5 Å². The van der Waals surface area contributed by atoms with E-state index in [1.807, 2.05) is 6.07 Å². The summed E-state index contributed by atoms with van der Waals surface area (Å²) in [4.78, 5) is 12.2. The highest BCUT2D eigenvalue weighted by Gasteiger charge is 2.36. The number of hydrogen-bond donors (Lipinski definition) is 2. The molecule has 1 fully saturated rings. The lowest BCUT2D eigenvalue weighted by Crippen LogP contribution is -2.46. The summed E-state index contributed by atoms with van der Waals surface area (Å²) in [6.45, 7) is 4.90. The number of amides is 1. The number of nitrogens with two attached hydrogens (primary N) is 1. The van der Waals surface area contributed by atoms with Crippen molar-refractivity contribution < 1.29 is 4.79 Å². The Morgan fingerprint density at radius 2 is 1.86 bits per heavy atom. The van der Waals surface area contributed by atoms with Gasteiger partial charge in [-0.3, -0.25) is 4.79 Å². The van der Waals surface area contributed by atoms with Crippen LogP contribution in [0, 0.1) is 5.92 Å². The molecule has 0 aromatic heterocycles. The smallest absolute Gasteiger partial charge is 0.236 e. The van der Waals surface area contributed by atoms with Crippen molar-refractivity contribution in [2.75, 3.05) is 6.54 Å². The van der Waals surface area contributed by atoms with Crippen LogP contribution in [-0.2, 0) is 10.2 Å². The molecule has 116 valence electrons. The van der Waals surface area contributed by atoms with Gasteiger partial charge in [0.05, 0.1) is 6.04 Å². The van der Waals surface area contributed by atoms with Crippen LogP contribution in [0.3, 0.4) is 0 Å². The molecule has 1 aliphatic carbocycles. The lowest BCUT2D eigenvalue weighted by molar-refractivity contribution is -0.123. The number of carbonyl (C=O) groups is 1. The maximum atomic E-state index is 12.2. The van der Waals surface area contributed by atoms with Crippen LogP contribution in [-0.4, -0.2) is 18.5 Å². The van der Waals surface area contributed by atoms with E-state index in [1.54, 1.807) is 0 Å². The molecular weight excluding hydrogens is 260 g/mol. The highest BCUT2D eigenvalue weighted by molar-refractivity contribution is 5.81. The predicted octanol–water partition coefficient (Wildman–Crippen LogP) is 2.99. The lowest BCUT2D eigenvalue weighted by Gasteiger charge is -2.30. The van der Waals surface area contributed by atoms with Crippen molar-refractivity contribution in [3.8, 4) is 0 Å². The van der Waals surface area contributed by atoms with Crippen molar-refractivity contribution >= 4 is 5.91 Å². The van der Waals surface area contributed by atoms with Gasteiger partial charge in [0.15, 0.2) is 0 Å². The molecule has 1 amide bonds. The first kappa shape index (κ1) is 16.0. The second kappa shape index (κ2) is 7.08. The van der Waals surface area contributed by atoms with Crippen LogP contribution in [0.2, 0.25) is 0 Å². The average molecular weight is 288 g/mol. The minimum atomic E-state index is -0.390. The summed E-state index contributed by atoms with van der Waals surface area (Å²) in [5.41, 5.74) is 7.43. The van der Waals surface area contributed by atoms with Gasteiger partial charge in [-0.25, -0.2) is 0 Å². The van der Waals surface area contributed by atoms with E-state index in [-0.39, 0.29) is 17.4 Å². The summed E-state index contributed by atoms with van der Waals surface area (Å²) in [5.74, 6) is 0.436. The molecule has 1 aliphatic rings.